The molecule has 1 unspecified atom stereocenters. The van der Waals surface area contributed by atoms with Crippen molar-refractivity contribution in [1.82, 2.24) is 15.0 Å². The van der Waals surface area contributed by atoms with Gasteiger partial charge in [0.1, 0.15) is 0 Å². The highest BCUT2D eigenvalue weighted by molar-refractivity contribution is 7.92. The van der Waals surface area contributed by atoms with Gasteiger partial charge in [-0.3, -0.25) is 4.21 Å². The molecule has 18 heteroatoms. The number of pyridine rings is 1. The number of hydrogen-bond donors (Lipinski definition) is 0. The lowest BCUT2D eigenvalue weighted by Gasteiger charge is -2.30. The topological polar surface area (TPSA) is 115 Å². The molecule has 0 saturated heterocycles. The first-order valence-electron chi connectivity index (χ1n) is 14.9. The molecule has 0 bridgehead atoms. The maximum atomic E-state index is 14.2. The first kappa shape index (κ1) is 37.2. The number of nitrogens with zero attached hydrogens (tertiary/aromatic N) is 5. The van der Waals surface area contributed by atoms with Crippen molar-refractivity contribution in [3.63, 3.8) is 0 Å². The molecule has 1 aliphatic rings. The van der Waals surface area contributed by atoms with Gasteiger partial charge >= 0.3 is 12.4 Å². The molecule has 0 N–H and O–H groups in total. The fourth-order valence-corrected chi connectivity index (χ4v) is 7.01. The second-order valence-electron chi connectivity index (χ2n) is 11.1. The van der Waals surface area contributed by atoms with E-state index in [9.17, 15) is 39.0 Å². The van der Waals surface area contributed by atoms with Gasteiger partial charge in [0.2, 0.25) is 11.8 Å². The zero-order chi connectivity index (χ0) is 35.3. The van der Waals surface area contributed by atoms with E-state index in [1.54, 1.807) is 12.1 Å². The standard InChI is InChI=1S/C30H35F6N5O5S2/c1-4-40(18-20-7-5-6-8-20)26-9-10-27(45-2)39-25(26)19-41(28-37-16-23(17-38-28)46-11-12-47(3)42)48(43,44)24-14-21(29(31,32)33)13-22(15-24)30(34,35)36/h9-10,13-17,20H,4-8,11-12,18-19H2,1-3H3. The maximum absolute atomic E-state index is 14.2. The van der Waals surface area contributed by atoms with Gasteiger partial charge in [0.25, 0.3) is 10.0 Å². The van der Waals surface area contributed by atoms with Crippen LogP contribution in [0.4, 0.5) is 38.0 Å². The fraction of sp³-hybridized carbons (Fsp3) is 0.500. The molecule has 0 radical (unpaired) electrons. The predicted molar refractivity (Wildman–Crippen MR) is 167 cm³/mol. The van der Waals surface area contributed by atoms with Crippen molar-refractivity contribution in [3.8, 4) is 11.6 Å². The van der Waals surface area contributed by atoms with Crippen molar-refractivity contribution in [3.05, 3.63) is 59.5 Å². The van der Waals surface area contributed by atoms with E-state index in [4.69, 9.17) is 9.47 Å². The summed E-state index contributed by atoms with van der Waals surface area (Å²) in [7, 11) is -5.05. The second kappa shape index (κ2) is 15.3. The molecule has 264 valence electrons. The van der Waals surface area contributed by atoms with Crippen LogP contribution < -0.4 is 18.7 Å². The third-order valence-corrected chi connectivity index (χ3v) is 10.2. The van der Waals surface area contributed by atoms with Gasteiger partial charge in [-0.1, -0.05) is 12.8 Å². The molecule has 1 saturated carbocycles. The number of rotatable bonds is 14. The van der Waals surface area contributed by atoms with Gasteiger partial charge in [0.05, 0.1) is 65.8 Å². The Morgan fingerprint density at radius 2 is 1.58 bits per heavy atom. The Kier molecular flexibility index (Phi) is 11.8. The monoisotopic (exact) mass is 723 g/mol. The molecule has 0 spiro atoms. The van der Waals surface area contributed by atoms with E-state index in [1.165, 1.54) is 13.4 Å². The quantitative estimate of drug-likeness (QED) is 0.183. The fourth-order valence-electron chi connectivity index (χ4n) is 5.29. The highest BCUT2D eigenvalue weighted by Crippen LogP contribution is 2.39. The van der Waals surface area contributed by atoms with Crippen molar-refractivity contribution < 1.29 is 48.4 Å². The van der Waals surface area contributed by atoms with Crippen molar-refractivity contribution >= 4 is 32.5 Å². The second-order valence-corrected chi connectivity index (χ2v) is 14.5. The van der Waals surface area contributed by atoms with Crippen LogP contribution in [0.25, 0.3) is 0 Å². The summed E-state index contributed by atoms with van der Waals surface area (Å²) in [6.45, 7) is 2.36. The number of anilines is 2. The van der Waals surface area contributed by atoms with Gasteiger partial charge in [-0.05, 0) is 49.9 Å². The SMILES string of the molecule is CCN(CC1CCCC1)c1ccc(OC)nc1CN(c1ncc(OCCS(C)=O)cn1)S(=O)(=O)c1cc(C(F)(F)F)cc(C(F)(F)F)c1. The lowest BCUT2D eigenvalue weighted by atomic mass is 10.1. The van der Waals surface area contributed by atoms with Gasteiger partial charge in [-0.25, -0.2) is 27.7 Å². The number of sulfonamides is 1. The Bertz CT molecular complexity index is 1650. The van der Waals surface area contributed by atoms with Crippen LogP contribution >= 0.6 is 0 Å². The van der Waals surface area contributed by atoms with Crippen molar-refractivity contribution in [2.24, 2.45) is 5.92 Å². The molecule has 0 aliphatic heterocycles. The lowest BCUT2D eigenvalue weighted by Crippen LogP contribution is -2.35. The molecule has 3 aromatic rings. The Labute approximate surface area is 277 Å². The number of ether oxygens (including phenoxy) is 2. The molecule has 0 amide bonds. The van der Waals surface area contributed by atoms with Gasteiger partial charge in [0, 0.05) is 36.2 Å². The van der Waals surface area contributed by atoms with Gasteiger partial charge in [-0.15, -0.1) is 0 Å². The van der Waals surface area contributed by atoms with E-state index in [2.05, 4.69) is 15.0 Å². The first-order chi connectivity index (χ1) is 22.5. The highest BCUT2D eigenvalue weighted by atomic mass is 32.2. The first-order valence-corrected chi connectivity index (χ1v) is 18.1. The molecule has 1 aromatic carbocycles. The number of benzene rings is 1. The third-order valence-electron chi connectivity index (χ3n) is 7.73. The molecule has 2 aromatic heterocycles. The normalized spacial score (nSPS) is 14.9. The summed E-state index contributed by atoms with van der Waals surface area (Å²) in [6.07, 6.45) is -2.78. The number of methoxy groups -OCH3 is 1. The summed E-state index contributed by atoms with van der Waals surface area (Å²) in [5, 5.41) is 0. The summed E-state index contributed by atoms with van der Waals surface area (Å²) >= 11 is 0. The van der Waals surface area contributed by atoms with E-state index in [0.717, 1.165) is 38.1 Å². The van der Waals surface area contributed by atoms with Crippen LogP contribution in [0.5, 0.6) is 11.6 Å². The predicted octanol–water partition coefficient (Wildman–Crippen LogP) is 6.09. The summed E-state index contributed by atoms with van der Waals surface area (Å²) < 4.78 is 134. The van der Waals surface area contributed by atoms with Crippen LogP contribution in [-0.2, 0) is 39.7 Å². The Hall–Kier alpha value is -3.67. The molecule has 1 fully saturated rings. The van der Waals surface area contributed by atoms with Crippen LogP contribution in [0, 0.1) is 5.92 Å². The van der Waals surface area contributed by atoms with E-state index in [0.29, 0.717) is 29.0 Å². The van der Waals surface area contributed by atoms with Gasteiger partial charge < -0.3 is 14.4 Å². The Balaban J connectivity index is 1.86. The molecular weight excluding hydrogens is 688 g/mol. The van der Waals surface area contributed by atoms with Crippen LogP contribution in [0.2, 0.25) is 0 Å². The number of halogens is 6. The minimum Gasteiger partial charge on any atom is -0.489 e. The molecule has 48 heavy (non-hydrogen) atoms. The molecular formula is C30H35F6N5O5S2. The molecule has 10 nitrogen and oxygen atoms in total. The van der Waals surface area contributed by atoms with Crippen LogP contribution in [0.15, 0.2) is 47.6 Å². The average molecular weight is 724 g/mol. The van der Waals surface area contributed by atoms with Crippen LogP contribution in [0.3, 0.4) is 0 Å². The van der Waals surface area contributed by atoms with E-state index >= 15 is 0 Å². The van der Waals surface area contributed by atoms with Crippen molar-refractivity contribution in [2.75, 3.05) is 48.0 Å². The Morgan fingerprint density at radius 3 is 2.10 bits per heavy atom. The molecule has 2 heterocycles. The number of alkyl halides is 6. The maximum Gasteiger partial charge on any atom is 0.416 e. The van der Waals surface area contributed by atoms with E-state index in [1.807, 2.05) is 11.8 Å². The summed E-state index contributed by atoms with van der Waals surface area (Å²) in [6, 6.07) is 3.37. The number of aromatic nitrogens is 3. The van der Waals surface area contributed by atoms with Crippen molar-refractivity contribution in [2.45, 2.75) is 56.4 Å². The van der Waals surface area contributed by atoms with Crippen LogP contribution in [-0.4, -0.2) is 66.4 Å². The van der Waals surface area contributed by atoms with E-state index in [-0.39, 0.29) is 47.9 Å². The minimum atomic E-state index is -5.29. The lowest BCUT2D eigenvalue weighted by molar-refractivity contribution is -0.143. The van der Waals surface area contributed by atoms with Crippen molar-refractivity contribution in [1.29, 1.82) is 0 Å². The van der Waals surface area contributed by atoms with Gasteiger partial charge in [-0.2, -0.15) is 26.3 Å². The van der Waals surface area contributed by atoms with Gasteiger partial charge in [0.15, 0.2) is 5.75 Å². The highest BCUT2D eigenvalue weighted by Gasteiger charge is 2.40. The van der Waals surface area contributed by atoms with E-state index < -0.39 is 61.7 Å². The third kappa shape index (κ3) is 9.27. The summed E-state index contributed by atoms with van der Waals surface area (Å²) in [5.74, 6) is 0.139. The largest absolute Gasteiger partial charge is 0.489 e. The minimum absolute atomic E-state index is 0.0171. The zero-order valence-electron chi connectivity index (χ0n) is 26.3. The molecule has 1 atom stereocenters. The molecule has 1 aliphatic carbocycles. The smallest absolute Gasteiger partial charge is 0.416 e. The molecule has 4 rings (SSSR count). The average Bonchev–Trinajstić information content (AvgIpc) is 3.55. The zero-order valence-corrected chi connectivity index (χ0v) is 28.0. The summed E-state index contributed by atoms with van der Waals surface area (Å²) in [5.41, 5.74) is -3.00. The summed E-state index contributed by atoms with van der Waals surface area (Å²) in [4.78, 5) is 13.3. The van der Waals surface area contributed by atoms with Crippen LogP contribution in [0.1, 0.15) is 49.4 Å². The number of hydrogen-bond acceptors (Lipinski definition) is 9. The Morgan fingerprint density at radius 1 is 0.979 bits per heavy atom.